The number of aromatic hydroxyl groups is 3. The van der Waals surface area contributed by atoms with Crippen LogP contribution < -0.4 is 19.6 Å². The third-order valence-corrected chi connectivity index (χ3v) is 7.45. The molecule has 0 radical (unpaired) electrons. The van der Waals surface area contributed by atoms with E-state index >= 15 is 0 Å². The second-order valence-corrected chi connectivity index (χ2v) is 10.3. The Labute approximate surface area is 248 Å². The molecule has 8 N–H and O–H groups in total. The van der Waals surface area contributed by atoms with Crippen LogP contribution in [0.2, 0.25) is 0 Å². The summed E-state index contributed by atoms with van der Waals surface area (Å²) in [4.78, 5) is 13.7. The van der Waals surface area contributed by atoms with Crippen LogP contribution in [0.15, 0.2) is 33.5 Å². The van der Waals surface area contributed by atoms with Gasteiger partial charge in [0.1, 0.15) is 59.1 Å². The lowest BCUT2D eigenvalue weighted by Crippen LogP contribution is -2.57. The summed E-state index contributed by atoms with van der Waals surface area (Å²) in [5.74, 6) is -2.46. The molecule has 16 nitrogen and oxygen atoms in total. The molecular formula is C28H32O16. The molecule has 5 rings (SSSR count). The standard InChI is InChI=1S/C28H32O16/c1-9-18(31)22(35)24(37)27(41-9)40-8-16-20(33)23(36)28(43-16)44-26-21(34)17-12(30)6-11(29)7-13(17)42-25(26)10-4-14(38-2)19(32)15(5-10)39-3/h4-7,9,16,18,20,22-24,27-33,35-37H,8H2,1-3H3/t9-,16-,18-,20-,22+,23+,24+,27+,28-/m0/s1. The maximum absolute atomic E-state index is 13.7. The fourth-order valence-electron chi connectivity index (χ4n) is 5.00. The number of aliphatic hydroxyl groups excluding tert-OH is 5. The lowest BCUT2D eigenvalue weighted by molar-refractivity contribution is -0.299. The zero-order valence-corrected chi connectivity index (χ0v) is 23.6. The number of rotatable bonds is 8. The first-order valence-corrected chi connectivity index (χ1v) is 13.3. The van der Waals surface area contributed by atoms with Gasteiger partial charge in [0.2, 0.25) is 23.2 Å². The molecule has 2 aromatic carbocycles. The normalized spacial score (nSPS) is 30.4. The SMILES string of the molecule is COc1cc(-c2oc3cc(O)cc(O)c3c(=O)c2O[C@@H]2O[C@@H](CO[C@@H]3O[C@@H](C)[C@H](O)[C@@H](O)[C@H]3O)[C@H](O)[C@H]2O)cc(OC)c1O. The number of benzene rings is 2. The number of methoxy groups -OCH3 is 2. The van der Waals surface area contributed by atoms with E-state index in [0.29, 0.717) is 0 Å². The number of hydrogen-bond donors (Lipinski definition) is 8. The lowest BCUT2D eigenvalue weighted by Gasteiger charge is -2.39. The monoisotopic (exact) mass is 624 g/mol. The molecule has 2 fully saturated rings. The van der Waals surface area contributed by atoms with E-state index in [1.807, 2.05) is 0 Å². The quantitative estimate of drug-likeness (QED) is 0.154. The highest BCUT2D eigenvalue weighted by Gasteiger charge is 2.47. The van der Waals surface area contributed by atoms with Crippen LogP contribution in [-0.4, -0.2) is 117 Å². The molecule has 44 heavy (non-hydrogen) atoms. The van der Waals surface area contributed by atoms with E-state index in [0.717, 1.165) is 12.1 Å². The fraction of sp³-hybridized carbons (Fsp3) is 0.464. The number of fused-ring (bicyclic) bond motifs is 1. The lowest BCUT2D eigenvalue weighted by atomic mass is 10.00. The van der Waals surface area contributed by atoms with Gasteiger partial charge in [0.15, 0.2) is 23.5 Å². The molecular weight excluding hydrogens is 592 g/mol. The van der Waals surface area contributed by atoms with E-state index in [1.165, 1.54) is 33.3 Å². The van der Waals surface area contributed by atoms with Gasteiger partial charge in [-0.05, 0) is 19.1 Å². The Balaban J connectivity index is 1.49. The Bertz CT molecular complexity index is 1550. The zero-order valence-electron chi connectivity index (χ0n) is 23.6. The fourth-order valence-corrected chi connectivity index (χ4v) is 5.00. The van der Waals surface area contributed by atoms with Gasteiger partial charge in [-0.2, -0.15) is 0 Å². The van der Waals surface area contributed by atoms with Gasteiger partial charge in [-0.3, -0.25) is 4.79 Å². The van der Waals surface area contributed by atoms with Crippen LogP contribution in [0, 0.1) is 0 Å². The van der Waals surface area contributed by atoms with Crippen LogP contribution in [0.5, 0.6) is 34.5 Å². The average Bonchev–Trinajstić information content (AvgIpc) is 3.25. The molecule has 3 aromatic rings. The molecule has 1 aromatic heterocycles. The molecule has 0 unspecified atom stereocenters. The van der Waals surface area contributed by atoms with E-state index < -0.39 is 84.6 Å². The first kappa shape index (κ1) is 31.6. The summed E-state index contributed by atoms with van der Waals surface area (Å²) in [6, 6.07) is 4.56. The van der Waals surface area contributed by atoms with Gasteiger partial charge in [-0.1, -0.05) is 0 Å². The minimum Gasteiger partial charge on any atom is -0.508 e. The van der Waals surface area contributed by atoms with Crippen molar-refractivity contribution < 1.29 is 73.7 Å². The van der Waals surface area contributed by atoms with Crippen LogP contribution in [0.4, 0.5) is 0 Å². The second kappa shape index (κ2) is 12.3. The summed E-state index contributed by atoms with van der Waals surface area (Å²) in [6.07, 6.45) is -13.3. The summed E-state index contributed by atoms with van der Waals surface area (Å²) >= 11 is 0. The highest BCUT2D eigenvalue weighted by molar-refractivity contribution is 5.88. The minimum atomic E-state index is -1.76. The highest BCUT2D eigenvalue weighted by Crippen LogP contribution is 2.44. The van der Waals surface area contributed by atoms with Crippen LogP contribution >= 0.6 is 0 Å². The second-order valence-electron chi connectivity index (χ2n) is 10.3. The number of aliphatic hydroxyl groups is 5. The summed E-state index contributed by atoms with van der Waals surface area (Å²) in [5, 5.41) is 81.9. The van der Waals surface area contributed by atoms with Gasteiger partial charge in [0.05, 0.1) is 26.9 Å². The van der Waals surface area contributed by atoms with Crippen molar-refractivity contribution in [3.8, 4) is 45.8 Å². The topological polar surface area (TPSA) is 247 Å². The number of hydrogen-bond acceptors (Lipinski definition) is 16. The predicted molar refractivity (Wildman–Crippen MR) is 146 cm³/mol. The molecule has 0 bridgehead atoms. The Morgan fingerprint density at radius 1 is 0.795 bits per heavy atom. The van der Waals surface area contributed by atoms with Crippen molar-refractivity contribution in [3.63, 3.8) is 0 Å². The molecule has 0 aliphatic carbocycles. The summed E-state index contributed by atoms with van der Waals surface area (Å²) in [7, 11) is 2.55. The largest absolute Gasteiger partial charge is 0.508 e. The van der Waals surface area contributed by atoms with E-state index in [1.54, 1.807) is 0 Å². The highest BCUT2D eigenvalue weighted by atomic mass is 16.7. The maximum Gasteiger partial charge on any atom is 0.239 e. The smallest absolute Gasteiger partial charge is 0.239 e. The summed E-state index contributed by atoms with van der Waals surface area (Å²) < 4.78 is 38.5. The first-order chi connectivity index (χ1) is 20.9. The third kappa shape index (κ3) is 5.57. The third-order valence-electron chi connectivity index (χ3n) is 7.45. The Morgan fingerprint density at radius 3 is 2.07 bits per heavy atom. The summed E-state index contributed by atoms with van der Waals surface area (Å²) in [6.45, 7) is 0.969. The van der Waals surface area contributed by atoms with Crippen molar-refractivity contribution in [2.75, 3.05) is 20.8 Å². The molecule has 0 spiro atoms. The molecule has 2 aliphatic heterocycles. The van der Waals surface area contributed by atoms with Gasteiger partial charge in [-0.25, -0.2) is 0 Å². The summed E-state index contributed by atoms with van der Waals surface area (Å²) in [5.41, 5.74) is -1.12. The van der Waals surface area contributed by atoms with Crippen molar-refractivity contribution in [2.45, 2.75) is 62.2 Å². The van der Waals surface area contributed by atoms with E-state index in [-0.39, 0.29) is 39.5 Å². The maximum atomic E-state index is 13.7. The van der Waals surface area contributed by atoms with Crippen LogP contribution in [0.3, 0.4) is 0 Å². The predicted octanol–water partition coefficient (Wildman–Crippen LogP) is -0.736. The van der Waals surface area contributed by atoms with Crippen molar-refractivity contribution >= 4 is 11.0 Å². The van der Waals surface area contributed by atoms with Gasteiger partial charge < -0.3 is 73.7 Å². The molecule has 3 heterocycles. The molecule has 2 saturated heterocycles. The van der Waals surface area contributed by atoms with Crippen LogP contribution in [0.25, 0.3) is 22.3 Å². The molecule has 0 saturated carbocycles. The van der Waals surface area contributed by atoms with Gasteiger partial charge in [-0.15, -0.1) is 0 Å². The van der Waals surface area contributed by atoms with Gasteiger partial charge >= 0.3 is 0 Å². The molecule has 0 amide bonds. The Hall–Kier alpha value is -3.87. The van der Waals surface area contributed by atoms with Gasteiger partial charge in [0, 0.05) is 17.7 Å². The molecule has 240 valence electrons. The van der Waals surface area contributed by atoms with Crippen molar-refractivity contribution in [2.24, 2.45) is 0 Å². The number of ether oxygens (including phenoxy) is 6. The average molecular weight is 625 g/mol. The first-order valence-electron chi connectivity index (χ1n) is 13.3. The molecule has 16 heteroatoms. The van der Waals surface area contributed by atoms with Crippen LogP contribution in [0.1, 0.15) is 6.92 Å². The van der Waals surface area contributed by atoms with E-state index in [9.17, 15) is 45.6 Å². The van der Waals surface area contributed by atoms with Crippen LogP contribution in [-0.2, 0) is 14.2 Å². The molecule has 9 atom stereocenters. The zero-order chi connectivity index (χ0) is 32.0. The Kier molecular flexibility index (Phi) is 8.79. The number of phenols is 3. The minimum absolute atomic E-state index is 0.0690. The van der Waals surface area contributed by atoms with E-state index in [4.69, 9.17) is 32.8 Å². The molecule has 2 aliphatic rings. The van der Waals surface area contributed by atoms with Crippen molar-refractivity contribution in [3.05, 3.63) is 34.5 Å². The van der Waals surface area contributed by atoms with Gasteiger partial charge in [0.25, 0.3) is 0 Å². The van der Waals surface area contributed by atoms with Crippen molar-refractivity contribution in [1.82, 2.24) is 0 Å². The van der Waals surface area contributed by atoms with E-state index in [2.05, 4.69) is 0 Å². The Morgan fingerprint density at radius 2 is 1.43 bits per heavy atom. The van der Waals surface area contributed by atoms with Crippen molar-refractivity contribution in [1.29, 1.82) is 0 Å². The number of phenolic OH excluding ortho intramolecular Hbond substituents is 3.